The van der Waals surface area contributed by atoms with Crippen molar-refractivity contribution in [2.24, 2.45) is 0 Å². The van der Waals surface area contributed by atoms with Crippen molar-refractivity contribution in [1.29, 1.82) is 0 Å². The number of cyclic esters (lactones) is 1. The zero-order valence-electron chi connectivity index (χ0n) is 14.4. The van der Waals surface area contributed by atoms with Gasteiger partial charge in [0.25, 0.3) is 0 Å². The van der Waals surface area contributed by atoms with E-state index in [0.29, 0.717) is 5.02 Å². The molecule has 1 aliphatic heterocycles. The number of amides is 1. The summed E-state index contributed by atoms with van der Waals surface area (Å²) in [6.07, 6.45) is -1.05. The van der Waals surface area contributed by atoms with Crippen LogP contribution in [0.5, 0.6) is 0 Å². The molecule has 0 bridgehead atoms. The topological polar surface area (TPSA) is 75.7 Å². The first kappa shape index (κ1) is 18.7. The molecular formula is C18H19ClN2O4S. The predicted molar refractivity (Wildman–Crippen MR) is 100 cm³/mol. The van der Waals surface area contributed by atoms with Crippen molar-refractivity contribution in [2.75, 3.05) is 18.0 Å². The summed E-state index contributed by atoms with van der Waals surface area (Å²) < 4.78 is 32.4. The lowest BCUT2D eigenvalue weighted by Crippen LogP contribution is -2.34. The van der Waals surface area contributed by atoms with E-state index in [0.717, 1.165) is 16.8 Å². The van der Waals surface area contributed by atoms with Crippen molar-refractivity contribution in [2.45, 2.75) is 24.8 Å². The van der Waals surface area contributed by atoms with Crippen LogP contribution in [0.15, 0.2) is 47.4 Å². The fraction of sp³-hybridized carbons (Fsp3) is 0.278. The standard InChI is InChI=1S/C18H19ClN2O4S/c1-12-7-13(2)9-15(8-12)21-11-16(25-18(21)22)10-20-26(23,24)17-5-3-14(19)4-6-17/h3-9,16,20H,10-11H2,1-2H3. The fourth-order valence-corrected chi connectivity index (χ4v) is 4.04. The Morgan fingerprint density at radius 3 is 2.38 bits per heavy atom. The van der Waals surface area contributed by atoms with Gasteiger partial charge in [-0.25, -0.2) is 17.9 Å². The fourth-order valence-electron chi connectivity index (χ4n) is 2.84. The van der Waals surface area contributed by atoms with Gasteiger partial charge >= 0.3 is 6.09 Å². The van der Waals surface area contributed by atoms with Gasteiger partial charge in [-0.3, -0.25) is 4.90 Å². The molecule has 2 aromatic rings. The molecule has 1 aliphatic rings. The third-order valence-corrected chi connectivity index (χ3v) is 5.71. The van der Waals surface area contributed by atoms with Crippen LogP contribution < -0.4 is 9.62 Å². The molecule has 0 spiro atoms. The monoisotopic (exact) mass is 394 g/mol. The van der Waals surface area contributed by atoms with Crippen molar-refractivity contribution in [3.05, 3.63) is 58.6 Å². The normalized spacial score (nSPS) is 17.4. The van der Waals surface area contributed by atoms with Crippen LogP contribution >= 0.6 is 11.6 Å². The van der Waals surface area contributed by atoms with Gasteiger partial charge in [-0.1, -0.05) is 17.7 Å². The first-order valence-electron chi connectivity index (χ1n) is 8.06. The molecule has 3 rings (SSSR count). The molecule has 0 radical (unpaired) electrons. The largest absolute Gasteiger partial charge is 0.443 e. The number of nitrogens with one attached hydrogen (secondary N) is 1. The minimum atomic E-state index is -3.70. The van der Waals surface area contributed by atoms with E-state index in [1.165, 1.54) is 29.2 Å². The second-order valence-electron chi connectivity index (χ2n) is 6.27. The Labute approximate surface area is 157 Å². The number of carbonyl (C=O) groups excluding carboxylic acids is 1. The van der Waals surface area contributed by atoms with Crippen molar-refractivity contribution in [1.82, 2.24) is 4.72 Å². The van der Waals surface area contributed by atoms with Crippen molar-refractivity contribution in [3.8, 4) is 0 Å². The summed E-state index contributed by atoms with van der Waals surface area (Å²) in [6, 6.07) is 11.7. The minimum absolute atomic E-state index is 0.00199. The molecule has 0 aliphatic carbocycles. The lowest BCUT2D eigenvalue weighted by molar-refractivity contribution is 0.143. The van der Waals surface area contributed by atoms with Gasteiger partial charge in [-0.15, -0.1) is 0 Å². The summed E-state index contributed by atoms with van der Waals surface area (Å²) in [7, 11) is -3.70. The van der Waals surface area contributed by atoms with E-state index in [-0.39, 0.29) is 18.0 Å². The van der Waals surface area contributed by atoms with E-state index in [4.69, 9.17) is 16.3 Å². The maximum Gasteiger partial charge on any atom is 0.414 e. The molecule has 1 heterocycles. The zero-order valence-corrected chi connectivity index (χ0v) is 16.0. The van der Waals surface area contributed by atoms with Crippen LogP contribution in [0, 0.1) is 13.8 Å². The van der Waals surface area contributed by atoms with Crippen molar-refractivity contribution >= 4 is 33.4 Å². The van der Waals surface area contributed by atoms with Crippen LogP contribution in [0.4, 0.5) is 10.5 Å². The van der Waals surface area contributed by atoms with Gasteiger partial charge in [0, 0.05) is 17.3 Å². The molecule has 1 amide bonds. The van der Waals surface area contributed by atoms with Gasteiger partial charge in [0.1, 0.15) is 6.10 Å². The number of hydrogen-bond donors (Lipinski definition) is 1. The number of carbonyl (C=O) groups is 1. The van der Waals surface area contributed by atoms with Gasteiger partial charge in [0.15, 0.2) is 0 Å². The number of nitrogens with zero attached hydrogens (tertiary/aromatic N) is 1. The van der Waals surface area contributed by atoms with Crippen LogP contribution in [0.1, 0.15) is 11.1 Å². The number of ether oxygens (including phenoxy) is 1. The lowest BCUT2D eigenvalue weighted by Gasteiger charge is -2.15. The highest BCUT2D eigenvalue weighted by Crippen LogP contribution is 2.24. The molecule has 1 fully saturated rings. The maximum atomic E-state index is 12.3. The van der Waals surface area contributed by atoms with E-state index >= 15 is 0 Å². The first-order chi connectivity index (χ1) is 12.2. The van der Waals surface area contributed by atoms with Crippen LogP contribution in [-0.2, 0) is 14.8 Å². The number of benzene rings is 2. The first-order valence-corrected chi connectivity index (χ1v) is 9.92. The van der Waals surface area contributed by atoms with Crippen LogP contribution in [0.3, 0.4) is 0 Å². The maximum absolute atomic E-state index is 12.3. The summed E-state index contributed by atoms with van der Waals surface area (Å²) in [5.41, 5.74) is 2.83. The molecule has 1 atom stereocenters. The number of sulfonamides is 1. The Bertz CT molecular complexity index is 908. The van der Waals surface area contributed by atoms with Crippen LogP contribution in [0.25, 0.3) is 0 Å². The Hall–Kier alpha value is -2.09. The van der Waals surface area contributed by atoms with E-state index in [1.807, 2.05) is 32.0 Å². The summed E-state index contributed by atoms with van der Waals surface area (Å²) in [4.78, 5) is 13.8. The SMILES string of the molecule is Cc1cc(C)cc(N2CC(CNS(=O)(=O)c3ccc(Cl)cc3)OC2=O)c1. The number of hydrogen-bond acceptors (Lipinski definition) is 4. The third-order valence-electron chi connectivity index (χ3n) is 4.02. The highest BCUT2D eigenvalue weighted by Gasteiger charge is 2.33. The summed E-state index contributed by atoms with van der Waals surface area (Å²) in [5.74, 6) is 0. The molecule has 26 heavy (non-hydrogen) atoms. The number of rotatable bonds is 5. The number of halogens is 1. The summed E-state index contributed by atoms with van der Waals surface area (Å²) >= 11 is 5.78. The van der Waals surface area contributed by atoms with Gasteiger partial charge in [0.2, 0.25) is 10.0 Å². The Balaban J connectivity index is 1.67. The molecule has 2 aromatic carbocycles. The zero-order chi connectivity index (χ0) is 18.9. The van der Waals surface area contributed by atoms with E-state index in [9.17, 15) is 13.2 Å². The highest BCUT2D eigenvalue weighted by molar-refractivity contribution is 7.89. The Kier molecular flexibility index (Phi) is 5.22. The molecule has 8 heteroatoms. The highest BCUT2D eigenvalue weighted by atomic mass is 35.5. The smallest absolute Gasteiger partial charge is 0.414 e. The van der Waals surface area contributed by atoms with Gasteiger partial charge in [-0.2, -0.15) is 0 Å². The minimum Gasteiger partial charge on any atom is -0.443 e. The molecule has 1 unspecified atom stereocenters. The molecule has 0 saturated carbocycles. The Morgan fingerprint density at radius 2 is 1.77 bits per heavy atom. The quantitative estimate of drug-likeness (QED) is 0.844. The van der Waals surface area contributed by atoms with Gasteiger partial charge in [-0.05, 0) is 61.4 Å². The predicted octanol–water partition coefficient (Wildman–Crippen LogP) is 3.26. The van der Waals surface area contributed by atoms with E-state index < -0.39 is 22.2 Å². The lowest BCUT2D eigenvalue weighted by atomic mass is 10.1. The molecule has 138 valence electrons. The molecular weight excluding hydrogens is 376 g/mol. The van der Waals surface area contributed by atoms with Gasteiger partial charge in [0.05, 0.1) is 11.4 Å². The third kappa shape index (κ3) is 4.17. The summed E-state index contributed by atoms with van der Waals surface area (Å²) in [6.45, 7) is 4.19. The molecule has 6 nitrogen and oxygen atoms in total. The second-order valence-corrected chi connectivity index (χ2v) is 8.47. The van der Waals surface area contributed by atoms with Crippen LogP contribution in [-0.4, -0.2) is 33.7 Å². The van der Waals surface area contributed by atoms with Gasteiger partial charge < -0.3 is 4.74 Å². The average Bonchev–Trinajstić information content (AvgIpc) is 2.94. The molecule has 1 N–H and O–H groups in total. The molecule has 0 aromatic heterocycles. The van der Waals surface area contributed by atoms with Crippen LogP contribution in [0.2, 0.25) is 5.02 Å². The van der Waals surface area contributed by atoms with Crippen molar-refractivity contribution in [3.63, 3.8) is 0 Å². The second kappa shape index (κ2) is 7.26. The van der Waals surface area contributed by atoms with Crippen molar-refractivity contribution < 1.29 is 17.9 Å². The Morgan fingerprint density at radius 1 is 1.15 bits per heavy atom. The number of aryl methyl sites for hydroxylation is 2. The summed E-state index contributed by atoms with van der Waals surface area (Å²) in [5, 5.41) is 0.456. The number of anilines is 1. The van der Waals surface area contributed by atoms with E-state index in [2.05, 4.69) is 4.72 Å². The average molecular weight is 395 g/mol. The van der Waals surface area contributed by atoms with E-state index in [1.54, 1.807) is 0 Å². The molecule has 1 saturated heterocycles.